The predicted octanol–water partition coefficient (Wildman–Crippen LogP) is 2.48. The third kappa shape index (κ3) is 5380. The summed E-state index contributed by atoms with van der Waals surface area (Å²) in [6.45, 7) is 6.50. The Morgan fingerprint density at radius 1 is 0.909 bits per heavy atom. The molecule has 0 aliphatic carbocycles. The van der Waals surface area contributed by atoms with Gasteiger partial charge in [0.15, 0.2) is 0 Å². The standard InChI is InChI=1S/C3H5.BF4.2H3N.Pd/c1-3-2;2-1(3,4)5;;;/h3H,1-2H2;;2*1H3;/q;-1;;;+2. The van der Waals surface area contributed by atoms with Crippen LogP contribution in [0.25, 0.3) is 0 Å². The minimum absolute atomic E-state index is 0. The molecule has 73 valence electrons. The third-order valence-corrected chi connectivity index (χ3v) is 0. The van der Waals surface area contributed by atoms with E-state index in [0.717, 1.165) is 0 Å². The molecule has 0 spiro atoms. The fourth-order valence-corrected chi connectivity index (χ4v) is 0. The van der Waals surface area contributed by atoms with Crippen molar-refractivity contribution in [2.24, 2.45) is 0 Å². The summed E-state index contributed by atoms with van der Waals surface area (Å²) in [5.74, 6) is 0. The van der Waals surface area contributed by atoms with Gasteiger partial charge < -0.3 is 29.6 Å². The molecule has 0 heterocycles. The van der Waals surface area contributed by atoms with Gasteiger partial charge in [0.1, 0.15) is 0 Å². The average molecular weight is 268 g/mol. The van der Waals surface area contributed by atoms with E-state index in [-0.39, 0.29) is 32.7 Å². The second-order valence-electron chi connectivity index (χ2n) is 0.784. The molecule has 0 aliphatic rings. The van der Waals surface area contributed by atoms with Crippen molar-refractivity contribution in [1.82, 2.24) is 12.3 Å². The van der Waals surface area contributed by atoms with Crippen LogP contribution in [0.4, 0.5) is 17.3 Å². The Morgan fingerprint density at radius 2 is 0.909 bits per heavy atom. The second-order valence-corrected chi connectivity index (χ2v) is 0.784. The molecule has 11 heavy (non-hydrogen) atoms. The number of hydrogen-bond acceptors (Lipinski definition) is 2. The molecule has 0 aromatic carbocycles. The third-order valence-electron chi connectivity index (χ3n) is 0. The Kier molecular flexibility index (Phi) is 45.9. The molecule has 0 unspecified atom stereocenters. The minimum Gasteiger partial charge on any atom is -0.418 e. The van der Waals surface area contributed by atoms with Crippen LogP contribution < -0.4 is 12.3 Å². The van der Waals surface area contributed by atoms with Gasteiger partial charge in [0.25, 0.3) is 0 Å². The molecule has 0 aromatic heterocycles. The molecule has 8 heteroatoms. The van der Waals surface area contributed by atoms with Crippen LogP contribution in [0.2, 0.25) is 0 Å². The van der Waals surface area contributed by atoms with Crippen molar-refractivity contribution in [2.45, 2.75) is 0 Å². The minimum atomic E-state index is -6.00. The molecule has 3 radical (unpaired) electrons. The Bertz CT molecular complexity index is 47.1. The molecule has 6 N–H and O–H groups in total. The van der Waals surface area contributed by atoms with Crippen molar-refractivity contribution in [3.8, 4) is 0 Å². The summed E-state index contributed by atoms with van der Waals surface area (Å²) in [5.41, 5.74) is 0. The molecule has 0 rings (SSSR count). The molecule has 0 fully saturated rings. The van der Waals surface area contributed by atoms with Crippen molar-refractivity contribution in [3.63, 3.8) is 0 Å². The smallest absolute Gasteiger partial charge is 0.418 e. The maximum absolute atomic E-state index is 9.75. The fourth-order valence-electron chi connectivity index (χ4n) is 0. The zero-order valence-corrected chi connectivity index (χ0v) is 7.37. The van der Waals surface area contributed by atoms with Crippen LogP contribution in [0.3, 0.4) is 0 Å². The Labute approximate surface area is 78.0 Å². The SMILES string of the molecule is F[B-](F)(F)F.N.N.[CH2][CH][CH2].[Pd+2]. The summed E-state index contributed by atoms with van der Waals surface area (Å²) >= 11 is 0. The largest absolute Gasteiger partial charge is 2.00 e. The van der Waals surface area contributed by atoms with E-state index in [9.17, 15) is 17.3 Å². The summed E-state index contributed by atoms with van der Waals surface area (Å²) in [6.07, 6.45) is 1.50. The van der Waals surface area contributed by atoms with Crippen molar-refractivity contribution in [3.05, 3.63) is 20.3 Å². The van der Waals surface area contributed by atoms with Gasteiger partial charge in [-0.2, -0.15) is 0 Å². The first-order valence-corrected chi connectivity index (χ1v) is 1.69. The molecule has 0 bridgehead atoms. The monoisotopic (exact) mass is 268 g/mol. The van der Waals surface area contributed by atoms with Crippen LogP contribution in [0.1, 0.15) is 0 Å². The Morgan fingerprint density at radius 3 is 0.909 bits per heavy atom. The zero-order chi connectivity index (χ0) is 7.21. The first-order chi connectivity index (χ1) is 3.41. The number of rotatable bonds is 0. The van der Waals surface area contributed by atoms with E-state index in [0.29, 0.717) is 0 Å². The van der Waals surface area contributed by atoms with E-state index in [2.05, 4.69) is 13.8 Å². The maximum Gasteiger partial charge on any atom is 2.00 e. The number of hydrogen-bond donors (Lipinski definition) is 2. The van der Waals surface area contributed by atoms with Gasteiger partial charge in [-0.15, -0.1) is 0 Å². The first-order valence-electron chi connectivity index (χ1n) is 1.69. The van der Waals surface area contributed by atoms with Gasteiger partial charge in [-0.3, -0.25) is 0 Å². The molecule has 2 nitrogen and oxygen atoms in total. The van der Waals surface area contributed by atoms with Crippen molar-refractivity contribution < 1.29 is 37.7 Å². The van der Waals surface area contributed by atoms with Crippen molar-refractivity contribution in [1.29, 1.82) is 0 Å². The van der Waals surface area contributed by atoms with Gasteiger partial charge in [0.2, 0.25) is 0 Å². The summed E-state index contributed by atoms with van der Waals surface area (Å²) < 4.78 is 39.0. The van der Waals surface area contributed by atoms with Gasteiger partial charge in [-0.1, -0.05) is 0 Å². The maximum atomic E-state index is 9.75. The molecule has 0 aliphatic heterocycles. The van der Waals surface area contributed by atoms with E-state index in [1.807, 2.05) is 0 Å². The van der Waals surface area contributed by atoms with Crippen LogP contribution in [0, 0.1) is 20.3 Å². The fraction of sp³-hybridized carbons (Fsp3) is 0. The summed E-state index contributed by atoms with van der Waals surface area (Å²) in [7, 11) is -6.00. The van der Waals surface area contributed by atoms with Gasteiger partial charge in [-0.25, -0.2) is 0 Å². The first kappa shape index (κ1) is 30.1. The van der Waals surface area contributed by atoms with Crippen LogP contribution in [-0.4, -0.2) is 7.25 Å². The van der Waals surface area contributed by atoms with Gasteiger partial charge >= 0.3 is 27.7 Å². The van der Waals surface area contributed by atoms with Gasteiger partial charge in [0, 0.05) is 0 Å². The van der Waals surface area contributed by atoms with Gasteiger partial charge in [-0.05, 0) is 20.3 Å². The molecular weight excluding hydrogens is 257 g/mol. The topological polar surface area (TPSA) is 70.0 Å². The summed E-state index contributed by atoms with van der Waals surface area (Å²) in [5, 5.41) is 0. The summed E-state index contributed by atoms with van der Waals surface area (Å²) in [4.78, 5) is 0. The van der Waals surface area contributed by atoms with Crippen LogP contribution in [-0.2, 0) is 20.4 Å². The van der Waals surface area contributed by atoms with Crippen LogP contribution in [0.15, 0.2) is 0 Å². The quantitative estimate of drug-likeness (QED) is 0.523. The van der Waals surface area contributed by atoms with Crippen molar-refractivity contribution >= 4 is 7.25 Å². The predicted molar refractivity (Wildman–Crippen MR) is 35.2 cm³/mol. The van der Waals surface area contributed by atoms with E-state index >= 15 is 0 Å². The van der Waals surface area contributed by atoms with E-state index in [1.165, 1.54) is 6.42 Å². The van der Waals surface area contributed by atoms with E-state index < -0.39 is 7.25 Å². The normalized spacial score (nSPS) is 7.09. The summed E-state index contributed by atoms with van der Waals surface area (Å²) in [6, 6.07) is 0. The molecular formula is C3H11BF4N2Pd+. The Balaban J connectivity index is -0.0000000183. The van der Waals surface area contributed by atoms with Crippen molar-refractivity contribution in [2.75, 3.05) is 0 Å². The molecule has 0 amide bonds. The molecule has 0 saturated carbocycles. The molecule has 0 atom stereocenters. The van der Waals surface area contributed by atoms with Gasteiger partial charge in [0.05, 0.1) is 0 Å². The molecule has 0 saturated heterocycles. The van der Waals surface area contributed by atoms with E-state index in [4.69, 9.17) is 0 Å². The zero-order valence-electron chi connectivity index (χ0n) is 5.81. The van der Waals surface area contributed by atoms with Crippen LogP contribution >= 0.6 is 0 Å². The van der Waals surface area contributed by atoms with E-state index in [1.54, 1.807) is 0 Å². The van der Waals surface area contributed by atoms with Crippen LogP contribution in [0.5, 0.6) is 0 Å². The average Bonchev–Trinajstić information content (AvgIpc) is 1.27. The second kappa shape index (κ2) is 16.8. The molecule has 0 aromatic rings. The number of halogens is 4. The Hall–Kier alpha value is 0.367.